The van der Waals surface area contributed by atoms with Gasteiger partial charge in [-0.25, -0.2) is 4.98 Å². The third kappa shape index (κ3) is 4.31. The molecule has 3 aromatic rings. The Hall–Kier alpha value is -3.02. The number of imidazole rings is 1. The summed E-state index contributed by atoms with van der Waals surface area (Å²) in [4.78, 5) is 19.7. The molecule has 4 atom stereocenters. The Morgan fingerprint density at radius 2 is 2.00 bits per heavy atom. The maximum atomic E-state index is 13.1. The van der Waals surface area contributed by atoms with E-state index >= 15 is 0 Å². The number of benzene rings is 2. The lowest BCUT2D eigenvalue weighted by Crippen LogP contribution is -2.40. The number of hydrogen-bond donors (Lipinski definition) is 1. The minimum Gasteiger partial charge on any atom is -0.457 e. The SMILES string of the molecule is CCC(CCC(=O)N(C)C1CC2CCC1C2)n1c(N)nc2ccc(Oc3ccccc3)cc21. The third-order valence-corrected chi connectivity index (χ3v) is 7.79. The molecule has 0 radical (unpaired) electrons. The lowest BCUT2D eigenvalue weighted by molar-refractivity contribution is -0.133. The molecule has 2 aliphatic rings. The van der Waals surface area contributed by atoms with Gasteiger partial charge in [0.2, 0.25) is 11.9 Å². The van der Waals surface area contributed by atoms with Crippen LogP contribution in [0.15, 0.2) is 48.5 Å². The van der Waals surface area contributed by atoms with Crippen molar-refractivity contribution in [2.24, 2.45) is 11.8 Å². The lowest BCUT2D eigenvalue weighted by Gasteiger charge is -2.32. The van der Waals surface area contributed by atoms with Crippen molar-refractivity contribution in [3.63, 3.8) is 0 Å². The molecule has 2 aromatic carbocycles. The highest BCUT2D eigenvalue weighted by Crippen LogP contribution is 2.46. The fourth-order valence-electron chi connectivity index (χ4n) is 6.02. The van der Waals surface area contributed by atoms with Crippen LogP contribution < -0.4 is 10.5 Å². The van der Waals surface area contributed by atoms with Crippen LogP contribution in [0.4, 0.5) is 5.95 Å². The zero-order chi connectivity index (χ0) is 22.9. The summed E-state index contributed by atoms with van der Waals surface area (Å²) >= 11 is 0. The highest BCUT2D eigenvalue weighted by atomic mass is 16.5. The minimum absolute atomic E-state index is 0.111. The molecule has 174 valence electrons. The van der Waals surface area contributed by atoms with E-state index in [1.165, 1.54) is 25.7 Å². The summed E-state index contributed by atoms with van der Waals surface area (Å²) in [5.41, 5.74) is 8.15. The highest BCUT2D eigenvalue weighted by Gasteiger charge is 2.42. The van der Waals surface area contributed by atoms with Crippen LogP contribution in [0.25, 0.3) is 11.0 Å². The summed E-state index contributed by atoms with van der Waals surface area (Å²) in [6, 6.07) is 16.1. The second kappa shape index (κ2) is 9.08. The molecule has 1 aromatic heterocycles. The number of aromatic nitrogens is 2. The highest BCUT2D eigenvalue weighted by molar-refractivity contribution is 5.80. The molecule has 4 unspecified atom stereocenters. The van der Waals surface area contributed by atoms with Crippen molar-refractivity contribution in [2.45, 2.75) is 64.0 Å². The Labute approximate surface area is 195 Å². The number of fused-ring (bicyclic) bond motifs is 3. The van der Waals surface area contributed by atoms with Crippen molar-refractivity contribution in [2.75, 3.05) is 12.8 Å². The van der Waals surface area contributed by atoms with E-state index in [2.05, 4.69) is 16.5 Å². The van der Waals surface area contributed by atoms with Crippen LogP contribution in [0.5, 0.6) is 11.5 Å². The summed E-state index contributed by atoms with van der Waals surface area (Å²) in [6.45, 7) is 2.14. The van der Waals surface area contributed by atoms with Gasteiger partial charge in [-0.2, -0.15) is 0 Å². The molecule has 2 aliphatic carbocycles. The van der Waals surface area contributed by atoms with Crippen molar-refractivity contribution in [3.8, 4) is 11.5 Å². The molecule has 2 fully saturated rings. The molecule has 2 saturated carbocycles. The van der Waals surface area contributed by atoms with E-state index in [1.54, 1.807) is 0 Å². The van der Waals surface area contributed by atoms with E-state index in [9.17, 15) is 4.79 Å². The molecular formula is C27H34N4O2. The summed E-state index contributed by atoms with van der Waals surface area (Å²) < 4.78 is 8.11. The van der Waals surface area contributed by atoms with Gasteiger partial charge in [0, 0.05) is 31.6 Å². The van der Waals surface area contributed by atoms with E-state index in [0.717, 1.165) is 41.3 Å². The first-order valence-corrected chi connectivity index (χ1v) is 12.3. The van der Waals surface area contributed by atoms with Crippen molar-refractivity contribution in [1.29, 1.82) is 0 Å². The molecule has 0 saturated heterocycles. The molecule has 0 aliphatic heterocycles. The monoisotopic (exact) mass is 446 g/mol. The Morgan fingerprint density at radius 1 is 1.18 bits per heavy atom. The number of nitrogens with two attached hydrogens (primary N) is 1. The number of nitrogens with zero attached hydrogens (tertiary/aromatic N) is 3. The Balaban J connectivity index is 1.31. The predicted molar refractivity (Wildman–Crippen MR) is 131 cm³/mol. The van der Waals surface area contributed by atoms with Crippen molar-refractivity contribution in [3.05, 3.63) is 48.5 Å². The number of para-hydroxylation sites is 1. The molecule has 5 rings (SSSR count). The fourth-order valence-corrected chi connectivity index (χ4v) is 6.02. The van der Waals surface area contributed by atoms with E-state index in [4.69, 9.17) is 10.5 Å². The average molecular weight is 447 g/mol. The Morgan fingerprint density at radius 3 is 2.70 bits per heavy atom. The van der Waals surface area contributed by atoms with E-state index in [-0.39, 0.29) is 11.9 Å². The van der Waals surface area contributed by atoms with Crippen LogP contribution in [0.2, 0.25) is 0 Å². The molecule has 6 nitrogen and oxygen atoms in total. The van der Waals surface area contributed by atoms with Gasteiger partial charge >= 0.3 is 0 Å². The summed E-state index contributed by atoms with van der Waals surface area (Å²) in [5, 5.41) is 0. The lowest BCUT2D eigenvalue weighted by atomic mass is 9.94. The Bertz CT molecular complexity index is 1130. The van der Waals surface area contributed by atoms with Crippen LogP contribution in [0.3, 0.4) is 0 Å². The molecule has 1 amide bonds. The first-order valence-electron chi connectivity index (χ1n) is 12.3. The topological polar surface area (TPSA) is 73.4 Å². The van der Waals surface area contributed by atoms with Gasteiger partial charge in [-0.15, -0.1) is 0 Å². The zero-order valence-electron chi connectivity index (χ0n) is 19.6. The normalized spacial score (nSPS) is 22.5. The second-order valence-corrected chi connectivity index (χ2v) is 9.75. The van der Waals surface area contributed by atoms with Gasteiger partial charge in [0.1, 0.15) is 11.5 Å². The van der Waals surface area contributed by atoms with Crippen molar-refractivity contribution < 1.29 is 9.53 Å². The fraction of sp³-hybridized carbons (Fsp3) is 0.481. The van der Waals surface area contributed by atoms with Crippen molar-refractivity contribution >= 4 is 22.9 Å². The van der Waals surface area contributed by atoms with Gasteiger partial charge in [0.05, 0.1) is 11.0 Å². The molecule has 33 heavy (non-hydrogen) atoms. The number of carbonyl (C=O) groups excluding carboxylic acids is 1. The minimum atomic E-state index is 0.111. The number of amides is 1. The number of carbonyl (C=O) groups is 1. The number of rotatable bonds is 8. The van der Waals surface area contributed by atoms with E-state index in [1.807, 2.05) is 60.5 Å². The van der Waals surface area contributed by atoms with Gasteiger partial charge in [0.15, 0.2) is 0 Å². The number of hydrogen-bond acceptors (Lipinski definition) is 4. The number of anilines is 1. The molecular weight excluding hydrogens is 412 g/mol. The molecule has 6 heteroatoms. The number of ether oxygens (including phenoxy) is 1. The van der Waals surface area contributed by atoms with Gasteiger partial charge in [-0.05, 0) is 68.2 Å². The molecule has 2 N–H and O–H groups in total. The van der Waals surface area contributed by atoms with Gasteiger partial charge in [-0.3, -0.25) is 4.79 Å². The van der Waals surface area contributed by atoms with Gasteiger partial charge in [-0.1, -0.05) is 31.5 Å². The van der Waals surface area contributed by atoms with E-state index < -0.39 is 0 Å². The molecule has 0 spiro atoms. The number of nitrogen functional groups attached to an aromatic ring is 1. The van der Waals surface area contributed by atoms with Crippen LogP contribution in [-0.2, 0) is 4.79 Å². The Kier molecular flexibility index (Phi) is 6.00. The first-order chi connectivity index (χ1) is 16.0. The summed E-state index contributed by atoms with van der Waals surface area (Å²) in [6.07, 6.45) is 7.30. The zero-order valence-corrected chi connectivity index (χ0v) is 19.6. The van der Waals surface area contributed by atoms with Gasteiger partial charge in [0.25, 0.3) is 0 Å². The average Bonchev–Trinajstić information content (AvgIpc) is 3.54. The summed E-state index contributed by atoms with van der Waals surface area (Å²) in [7, 11) is 2.00. The predicted octanol–water partition coefficient (Wildman–Crippen LogP) is 5.79. The summed E-state index contributed by atoms with van der Waals surface area (Å²) in [5.74, 6) is 3.82. The van der Waals surface area contributed by atoms with Crippen LogP contribution in [0.1, 0.15) is 57.9 Å². The van der Waals surface area contributed by atoms with Gasteiger partial charge < -0.3 is 19.9 Å². The maximum absolute atomic E-state index is 13.1. The molecule has 2 bridgehead atoms. The van der Waals surface area contributed by atoms with E-state index in [0.29, 0.717) is 24.3 Å². The van der Waals surface area contributed by atoms with Crippen LogP contribution in [-0.4, -0.2) is 33.4 Å². The molecule has 1 heterocycles. The first kappa shape index (κ1) is 21.8. The van der Waals surface area contributed by atoms with Crippen molar-refractivity contribution in [1.82, 2.24) is 14.5 Å². The van der Waals surface area contributed by atoms with Crippen LogP contribution >= 0.6 is 0 Å². The maximum Gasteiger partial charge on any atom is 0.222 e. The third-order valence-electron chi connectivity index (χ3n) is 7.79. The smallest absolute Gasteiger partial charge is 0.222 e. The van der Waals surface area contributed by atoms with Crippen LogP contribution in [0, 0.1) is 11.8 Å². The quantitative estimate of drug-likeness (QED) is 0.475. The second-order valence-electron chi connectivity index (χ2n) is 9.75. The standard InChI is InChI=1S/C27H34N4O2/c1-3-20(11-14-26(32)30(2)24-16-18-9-10-19(24)15-18)31-25-17-22(12-13-23(25)29-27(31)28)33-21-7-5-4-6-8-21/h4-8,12-13,17-20,24H,3,9-11,14-16H2,1-2H3,(H2,28,29). The largest absolute Gasteiger partial charge is 0.457 e.